The lowest BCUT2D eigenvalue weighted by molar-refractivity contribution is -0.306. The number of halogens is 8. The maximum absolute atomic E-state index is 17.6. The van der Waals surface area contributed by atoms with Gasteiger partial charge < -0.3 is 9.47 Å². The first-order valence-corrected chi connectivity index (χ1v) is 18.7. The first kappa shape index (κ1) is 44.6. The minimum Gasteiger partial charge on any atom is -0.410 e. The van der Waals surface area contributed by atoms with Crippen LogP contribution in [0.5, 0.6) is 5.75 Å². The summed E-state index contributed by atoms with van der Waals surface area (Å²) in [6.07, 6.45) is -9.14. The zero-order chi connectivity index (χ0) is 47.8. The van der Waals surface area contributed by atoms with Gasteiger partial charge in [0.25, 0.3) is 0 Å². The van der Waals surface area contributed by atoms with Gasteiger partial charge in [-0.25, -0.2) is 23.3 Å². The van der Waals surface area contributed by atoms with E-state index in [2.05, 4.69) is 24.0 Å². The Bertz CT molecular complexity index is 3280. The molecule has 0 N–H and O–H groups in total. The van der Waals surface area contributed by atoms with Crippen molar-refractivity contribution in [2.45, 2.75) is 25.6 Å². The lowest BCUT2D eigenvalue weighted by Crippen LogP contribution is -2.26. The van der Waals surface area contributed by atoms with E-state index >= 15 is 8.78 Å². The molecule has 10 nitrogen and oxygen atoms in total. The molecule has 2 atom stereocenters. The maximum atomic E-state index is 17.6. The van der Waals surface area contributed by atoms with Crippen molar-refractivity contribution >= 4 is 28.1 Å². The average Bonchev–Trinajstić information content (AvgIpc) is 3.74. The molecule has 0 amide bonds. The Morgan fingerprint density at radius 1 is 0.621 bits per heavy atom. The Hall–Kier alpha value is -9.46. The van der Waals surface area contributed by atoms with Crippen LogP contribution in [0.1, 0.15) is 40.7 Å². The van der Waals surface area contributed by atoms with Gasteiger partial charge in [0.2, 0.25) is 5.70 Å². The predicted octanol–water partition coefficient (Wildman–Crippen LogP) is 12.7. The standard InChI is InChI=1S/C48H18F8N8O2/c1-62-29-15-28(16-30(17-29)63-2)34(21-60)40-42-37(26-6-10-32(11-7-26)66-48(54,55)56)41-38(35(22-61)44(49)39(41)33(20-59)27-13-23(18-57)12-24(14-27)19-58)36(43(42)46(64-3)45(40)50)25-4-8-31(9-5-25)65-47(51,52)53/h4-6,8-10,12-17,42-43H,7,11H2/b39-33-,40-34-. The summed E-state index contributed by atoms with van der Waals surface area (Å²) in [5.74, 6) is -7.48. The summed E-state index contributed by atoms with van der Waals surface area (Å²) >= 11 is 0. The van der Waals surface area contributed by atoms with Gasteiger partial charge in [-0.3, -0.25) is 0 Å². The Morgan fingerprint density at radius 3 is 1.70 bits per heavy atom. The van der Waals surface area contributed by atoms with Crippen molar-refractivity contribution in [2.75, 3.05) is 0 Å². The van der Waals surface area contributed by atoms with E-state index in [9.17, 15) is 52.7 Å². The molecule has 66 heavy (non-hydrogen) atoms. The highest BCUT2D eigenvalue weighted by Gasteiger charge is 2.54. The van der Waals surface area contributed by atoms with Gasteiger partial charge >= 0.3 is 12.7 Å². The summed E-state index contributed by atoms with van der Waals surface area (Å²) in [6.45, 7) is 23.5. The smallest absolute Gasteiger partial charge is 0.410 e. The maximum Gasteiger partial charge on any atom is 0.573 e. The Kier molecular flexibility index (Phi) is 11.5. The van der Waals surface area contributed by atoms with Gasteiger partial charge in [0.1, 0.15) is 35.5 Å². The molecular formula is C48H18F8N8O2. The van der Waals surface area contributed by atoms with Crippen LogP contribution >= 0.6 is 0 Å². The molecule has 0 aliphatic heterocycles. The number of nitrogens with zero attached hydrogens (tertiary/aromatic N) is 8. The van der Waals surface area contributed by atoms with Gasteiger partial charge in [0.05, 0.1) is 59.7 Å². The van der Waals surface area contributed by atoms with Crippen LogP contribution in [0.2, 0.25) is 0 Å². The molecule has 7 rings (SSSR count). The van der Waals surface area contributed by atoms with Crippen LogP contribution in [0.4, 0.5) is 46.5 Å². The van der Waals surface area contributed by atoms with E-state index in [0.29, 0.717) is 0 Å². The number of hydrogen-bond donors (Lipinski definition) is 0. The van der Waals surface area contributed by atoms with E-state index in [1.807, 2.05) is 24.3 Å². The van der Waals surface area contributed by atoms with Crippen molar-refractivity contribution < 1.29 is 44.6 Å². The fraction of sp³-hybridized carbons (Fsp3) is 0.125. The summed E-state index contributed by atoms with van der Waals surface area (Å²) in [7, 11) is 0. The van der Waals surface area contributed by atoms with Gasteiger partial charge in [0, 0.05) is 35.0 Å². The van der Waals surface area contributed by atoms with Gasteiger partial charge in [-0.1, -0.05) is 36.4 Å². The fourth-order valence-corrected chi connectivity index (χ4v) is 8.43. The number of fused-ring (bicyclic) bond motifs is 2. The Morgan fingerprint density at radius 2 is 1.21 bits per heavy atom. The second-order valence-corrected chi connectivity index (χ2v) is 14.3. The van der Waals surface area contributed by atoms with Gasteiger partial charge in [-0.05, 0) is 81.8 Å². The predicted molar refractivity (Wildman–Crippen MR) is 215 cm³/mol. The summed E-state index contributed by atoms with van der Waals surface area (Å²) in [6, 6.07) is 19.9. The van der Waals surface area contributed by atoms with Crippen LogP contribution < -0.4 is 4.74 Å². The molecule has 0 heterocycles. The topological polar surface area (TPSA) is 150 Å². The number of allylic oxidation sites excluding steroid dienone is 15. The SMILES string of the molecule is [C-]#[N+]C1=C(F)/C(=C(/C#N)c2cc([N+]#[C-])cc([N+]#[C-])c2)C2C(C3=CC=C(OC(F)(F)F)CC3)=C3C(=C(c4ccc(OC(F)(F)F)cc4)C12)C(C#N)=C(F)/C3=C(/C#N)c1cc(C#N)cc(C#N)c1. The quantitative estimate of drug-likeness (QED) is 0.136. The molecule has 4 aliphatic rings. The van der Waals surface area contributed by atoms with Crippen molar-refractivity contribution in [3.63, 3.8) is 0 Å². The van der Waals surface area contributed by atoms with Crippen molar-refractivity contribution in [3.05, 3.63) is 197 Å². The second-order valence-electron chi connectivity index (χ2n) is 14.3. The lowest BCUT2D eigenvalue weighted by atomic mass is 9.65. The monoisotopic (exact) mass is 890 g/mol. The number of nitriles is 5. The molecule has 2 unspecified atom stereocenters. The number of rotatable bonds is 6. The molecular weight excluding hydrogens is 873 g/mol. The minimum absolute atomic E-state index is 0.0100. The van der Waals surface area contributed by atoms with Crippen molar-refractivity contribution in [1.82, 2.24) is 0 Å². The van der Waals surface area contributed by atoms with Crippen molar-refractivity contribution in [3.8, 4) is 36.1 Å². The number of benzene rings is 3. The first-order valence-electron chi connectivity index (χ1n) is 18.7. The summed E-state index contributed by atoms with van der Waals surface area (Å²) in [5.41, 5.74) is -6.49. The van der Waals surface area contributed by atoms with Crippen LogP contribution in [-0.4, -0.2) is 12.7 Å². The summed E-state index contributed by atoms with van der Waals surface area (Å²) < 4.78 is 124. The van der Waals surface area contributed by atoms with Crippen LogP contribution in [0.3, 0.4) is 0 Å². The molecule has 3 aromatic carbocycles. The first-order chi connectivity index (χ1) is 31.4. The zero-order valence-electron chi connectivity index (χ0n) is 32.9. The molecule has 18 heteroatoms. The highest BCUT2D eigenvalue weighted by atomic mass is 19.4. The third-order valence-corrected chi connectivity index (χ3v) is 10.8. The van der Waals surface area contributed by atoms with E-state index in [1.54, 1.807) is 6.07 Å². The Labute approximate surface area is 368 Å². The third kappa shape index (κ3) is 7.92. The minimum atomic E-state index is -5.16. The summed E-state index contributed by atoms with van der Waals surface area (Å²) in [4.78, 5) is 10.2. The van der Waals surface area contributed by atoms with Crippen molar-refractivity contribution in [2.24, 2.45) is 11.8 Å². The molecule has 0 bridgehead atoms. The molecule has 0 spiro atoms. The van der Waals surface area contributed by atoms with E-state index in [-0.39, 0.29) is 61.5 Å². The highest BCUT2D eigenvalue weighted by Crippen LogP contribution is 2.65. The summed E-state index contributed by atoms with van der Waals surface area (Å²) in [5, 5.41) is 52.1. The number of ether oxygens (including phenoxy) is 2. The van der Waals surface area contributed by atoms with Gasteiger partial charge in [0.15, 0.2) is 17.2 Å². The fourth-order valence-electron chi connectivity index (χ4n) is 8.43. The van der Waals surface area contributed by atoms with E-state index < -0.39 is 99.7 Å². The number of alkyl halides is 6. The molecule has 4 aliphatic carbocycles. The molecule has 0 fully saturated rings. The van der Waals surface area contributed by atoms with Gasteiger partial charge in [-0.2, -0.15) is 26.3 Å². The molecule has 0 saturated carbocycles. The van der Waals surface area contributed by atoms with Crippen LogP contribution in [0.25, 0.3) is 31.3 Å². The largest absolute Gasteiger partial charge is 0.573 e. The third-order valence-electron chi connectivity index (χ3n) is 10.8. The average molecular weight is 891 g/mol. The van der Waals surface area contributed by atoms with E-state index in [4.69, 9.17) is 19.7 Å². The lowest BCUT2D eigenvalue weighted by Gasteiger charge is -2.37. The van der Waals surface area contributed by atoms with Crippen LogP contribution in [0, 0.1) is 88.2 Å². The zero-order valence-corrected chi connectivity index (χ0v) is 32.9. The van der Waals surface area contributed by atoms with E-state index in [1.165, 1.54) is 6.07 Å². The molecule has 0 aromatic heterocycles. The molecule has 0 saturated heterocycles. The second kappa shape index (κ2) is 17.0. The van der Waals surface area contributed by atoms with Gasteiger partial charge in [-0.15, -0.1) is 26.3 Å². The Balaban J connectivity index is 1.73. The van der Waals surface area contributed by atoms with Crippen LogP contribution in [-0.2, 0) is 4.74 Å². The molecule has 0 radical (unpaired) electrons. The molecule has 318 valence electrons. The van der Waals surface area contributed by atoms with Crippen molar-refractivity contribution in [1.29, 1.82) is 26.3 Å². The number of hydrogen-bond acceptors (Lipinski definition) is 7. The molecule has 3 aromatic rings. The highest BCUT2D eigenvalue weighted by molar-refractivity contribution is 6.00. The van der Waals surface area contributed by atoms with Crippen LogP contribution in [0.15, 0.2) is 135 Å². The normalized spacial score (nSPS) is 19.3. The van der Waals surface area contributed by atoms with E-state index in [0.717, 1.165) is 66.7 Å².